The zero-order chi connectivity index (χ0) is 42.0. The molecule has 9 aliphatic rings. The van der Waals surface area contributed by atoms with Gasteiger partial charge in [-0.1, -0.05) is 39.3 Å². The average Bonchev–Trinajstić information content (AvgIpc) is 3.56. The van der Waals surface area contributed by atoms with Gasteiger partial charge in [0.05, 0.1) is 38.1 Å². The molecule has 59 heavy (non-hydrogen) atoms. The predicted molar refractivity (Wildman–Crippen MR) is 204 cm³/mol. The largest absolute Gasteiger partial charge is 0.388 e. The van der Waals surface area contributed by atoms with E-state index in [1.807, 2.05) is 0 Å². The number of hydrogen-bond acceptors (Lipinski definition) is 16. The van der Waals surface area contributed by atoms with Crippen LogP contribution in [0.2, 0.25) is 0 Å². The second-order valence-electron chi connectivity index (χ2n) is 20.3. The summed E-state index contributed by atoms with van der Waals surface area (Å²) < 4.78 is 49.4. The Hall–Kier alpha value is -0.900. The highest BCUT2D eigenvalue weighted by Gasteiger charge is 2.76. The Kier molecular flexibility index (Phi) is 11.5. The Morgan fingerprint density at radius 2 is 1.36 bits per heavy atom. The highest BCUT2D eigenvalue weighted by atomic mass is 16.8. The normalized spacial score (nSPS) is 58.7. The molecule has 8 N–H and O–H groups in total. The van der Waals surface area contributed by atoms with E-state index in [0.717, 1.165) is 44.9 Å². The Labute approximate surface area is 346 Å². The molecule has 0 amide bonds. The van der Waals surface area contributed by atoms with E-state index in [9.17, 15) is 40.9 Å². The fourth-order valence-electron chi connectivity index (χ4n) is 13.4. The van der Waals surface area contributed by atoms with Crippen molar-refractivity contribution in [2.75, 3.05) is 19.8 Å². The second-order valence-corrected chi connectivity index (χ2v) is 20.3. The van der Waals surface area contributed by atoms with Crippen LogP contribution in [0.25, 0.3) is 0 Å². The molecule has 0 aromatic heterocycles. The molecule has 16 nitrogen and oxygen atoms in total. The fraction of sp³-hybridized carbons (Fsp3) is 0.953. The molecule has 5 saturated heterocycles. The van der Waals surface area contributed by atoms with Crippen molar-refractivity contribution >= 4 is 0 Å². The van der Waals surface area contributed by atoms with E-state index in [0.29, 0.717) is 43.1 Å². The second kappa shape index (κ2) is 15.7. The lowest BCUT2D eigenvalue weighted by Gasteiger charge is -2.60. The van der Waals surface area contributed by atoms with Crippen LogP contribution in [0.1, 0.15) is 92.4 Å². The minimum atomic E-state index is -1.65. The van der Waals surface area contributed by atoms with Gasteiger partial charge in [-0.15, -0.1) is 0 Å². The number of allylic oxidation sites excluding steroid dienone is 1. The Morgan fingerprint density at radius 3 is 2.00 bits per heavy atom. The van der Waals surface area contributed by atoms with Gasteiger partial charge in [-0.2, -0.15) is 0 Å². The van der Waals surface area contributed by atoms with Crippen LogP contribution in [0.4, 0.5) is 0 Å². The van der Waals surface area contributed by atoms with Crippen LogP contribution in [0, 0.1) is 40.4 Å². The van der Waals surface area contributed by atoms with Crippen LogP contribution < -0.4 is 0 Å². The molecule has 8 fully saturated rings. The highest BCUT2D eigenvalue weighted by Crippen LogP contribution is 2.72. The fourth-order valence-corrected chi connectivity index (χ4v) is 13.4. The lowest BCUT2D eigenvalue weighted by Crippen LogP contribution is -2.64. The summed E-state index contributed by atoms with van der Waals surface area (Å²) in [7, 11) is 0. The van der Waals surface area contributed by atoms with E-state index in [4.69, 9.17) is 37.9 Å². The lowest BCUT2D eigenvalue weighted by molar-refractivity contribution is -0.377. The molecule has 1 spiro atoms. The van der Waals surface area contributed by atoms with Crippen LogP contribution in [-0.2, 0) is 37.9 Å². The van der Waals surface area contributed by atoms with E-state index in [2.05, 4.69) is 33.8 Å². The van der Waals surface area contributed by atoms with Crippen molar-refractivity contribution in [3.05, 3.63) is 11.6 Å². The Morgan fingerprint density at radius 1 is 0.695 bits per heavy atom. The van der Waals surface area contributed by atoms with E-state index in [1.165, 1.54) is 5.57 Å². The van der Waals surface area contributed by atoms with Crippen LogP contribution >= 0.6 is 0 Å². The van der Waals surface area contributed by atoms with Gasteiger partial charge >= 0.3 is 0 Å². The number of rotatable bonds is 6. The van der Waals surface area contributed by atoms with Gasteiger partial charge in [-0.3, -0.25) is 0 Å². The molecule has 5 aliphatic heterocycles. The summed E-state index contributed by atoms with van der Waals surface area (Å²) in [5, 5.41) is 86.7. The summed E-state index contributed by atoms with van der Waals surface area (Å²) in [6.45, 7) is 10.8. The minimum Gasteiger partial charge on any atom is -0.388 e. The number of aliphatic hydroxyl groups is 8. The van der Waals surface area contributed by atoms with Crippen molar-refractivity contribution in [2.24, 2.45) is 40.4 Å². The van der Waals surface area contributed by atoms with Crippen LogP contribution in [0.5, 0.6) is 0 Å². The molecule has 3 saturated carbocycles. The van der Waals surface area contributed by atoms with Crippen molar-refractivity contribution in [1.82, 2.24) is 0 Å². The summed E-state index contributed by atoms with van der Waals surface area (Å²) in [4.78, 5) is 0. The molecule has 4 aliphatic carbocycles. The summed E-state index contributed by atoms with van der Waals surface area (Å²) in [5.74, 6) is 0.831. The molecule has 24 atom stereocenters. The monoisotopic (exact) mass is 840 g/mol. The Balaban J connectivity index is 0.905. The molecule has 5 heterocycles. The SMILES string of the molecule is C[C@@H]1CCC2(OC1)OC1CC3C4CC=C5CC(O[C@H]6O[C@@H](C)[C@H](O[C@@H]7OC[C@H](O)[C@H](O)[C@H]7O)[C@@H](O)[C@H]6O[C@H]6OC[C@@H](O)[C@H](O)[C@H]6O)CC[C@]5(C)C4CC[C@]3(C)C1(O)[C@@H]2C. The molecule has 16 heteroatoms. The first-order chi connectivity index (χ1) is 27.9. The van der Waals surface area contributed by atoms with Crippen LogP contribution in [0.3, 0.4) is 0 Å². The van der Waals surface area contributed by atoms with Gasteiger partial charge in [0.15, 0.2) is 24.7 Å². The van der Waals surface area contributed by atoms with Gasteiger partial charge in [0.25, 0.3) is 0 Å². The first-order valence-corrected chi connectivity index (χ1v) is 22.3. The zero-order valence-corrected chi connectivity index (χ0v) is 35.0. The van der Waals surface area contributed by atoms with Crippen molar-refractivity contribution in [1.29, 1.82) is 0 Å². The molecule has 0 aromatic carbocycles. The summed E-state index contributed by atoms with van der Waals surface area (Å²) in [5.41, 5.74) is 0.0350. The lowest BCUT2D eigenvalue weighted by atomic mass is 9.46. The first kappa shape index (κ1) is 43.4. The summed E-state index contributed by atoms with van der Waals surface area (Å²) >= 11 is 0. The molecule has 9 rings (SSSR count). The maximum Gasteiger partial charge on any atom is 0.187 e. The quantitative estimate of drug-likeness (QED) is 0.171. The number of aliphatic hydroxyl groups excluding tert-OH is 7. The predicted octanol–water partition coefficient (Wildman–Crippen LogP) is 0.607. The van der Waals surface area contributed by atoms with Gasteiger partial charge in [0, 0.05) is 17.8 Å². The van der Waals surface area contributed by atoms with Gasteiger partial charge in [0.2, 0.25) is 0 Å². The molecular weight excluding hydrogens is 772 g/mol. The van der Waals surface area contributed by atoms with Gasteiger partial charge in [-0.05, 0) is 87.4 Å². The van der Waals surface area contributed by atoms with Gasteiger partial charge < -0.3 is 78.7 Å². The first-order valence-electron chi connectivity index (χ1n) is 22.3. The van der Waals surface area contributed by atoms with E-state index >= 15 is 0 Å². The van der Waals surface area contributed by atoms with Crippen LogP contribution in [-0.4, -0.2) is 164 Å². The van der Waals surface area contributed by atoms with Crippen molar-refractivity contribution < 1.29 is 78.7 Å². The summed E-state index contributed by atoms with van der Waals surface area (Å²) in [6, 6.07) is 0. The van der Waals surface area contributed by atoms with Crippen molar-refractivity contribution in [3.8, 4) is 0 Å². The van der Waals surface area contributed by atoms with E-state index in [1.54, 1.807) is 6.92 Å². The molecule has 7 unspecified atom stereocenters. The third kappa shape index (κ3) is 6.76. The molecule has 336 valence electrons. The van der Waals surface area contributed by atoms with E-state index in [-0.39, 0.29) is 42.2 Å². The topological polar surface area (TPSA) is 236 Å². The van der Waals surface area contributed by atoms with Gasteiger partial charge in [-0.25, -0.2) is 0 Å². The van der Waals surface area contributed by atoms with E-state index < -0.39 is 91.3 Å². The minimum absolute atomic E-state index is 0.0637. The smallest absolute Gasteiger partial charge is 0.187 e. The maximum absolute atomic E-state index is 12.8. The van der Waals surface area contributed by atoms with Crippen LogP contribution in [0.15, 0.2) is 11.6 Å². The Bertz CT molecular complexity index is 1560. The number of fused-ring (bicyclic) bond motifs is 7. The molecule has 0 aromatic rings. The highest BCUT2D eigenvalue weighted by molar-refractivity contribution is 5.29. The molecule has 0 bridgehead atoms. The number of hydrogen-bond donors (Lipinski definition) is 8. The van der Waals surface area contributed by atoms with Crippen molar-refractivity contribution in [2.45, 2.75) is 196 Å². The average molecular weight is 841 g/mol. The summed E-state index contributed by atoms with van der Waals surface area (Å²) in [6.07, 6.45) is -8.36. The third-order valence-corrected chi connectivity index (χ3v) is 17.2. The standard InChI is InChI=1S/C43H68O16/c1-19-8-13-42(54-16-19)21(3)43(51)29(59-42)15-26-24-7-6-22-14-23(9-11-40(22,4)25(24)10-12-41(26,43)5)56-39-36(58-38-33(49)31(47)28(45)18-53-38)34(50)35(20(2)55-39)57-37-32(48)30(46)27(44)17-52-37/h6,19-21,23-39,44-51H,7-18H2,1-5H3/t19-,20+,21-,23?,24?,25?,26?,27+,28-,29?,30+,31+,32-,33-,34-,35+,36-,37+,38-,39-,40+,41+,42?,43?/m1/s1. The maximum atomic E-state index is 12.8. The van der Waals surface area contributed by atoms with Gasteiger partial charge in [0.1, 0.15) is 60.5 Å². The zero-order valence-electron chi connectivity index (χ0n) is 35.0. The van der Waals surface area contributed by atoms with Crippen molar-refractivity contribution in [3.63, 3.8) is 0 Å². The number of ether oxygens (including phenoxy) is 8. The molecular formula is C43H68O16. The third-order valence-electron chi connectivity index (χ3n) is 17.2. The molecule has 0 radical (unpaired) electrons.